The second-order valence-electron chi connectivity index (χ2n) is 7.51. The van der Waals surface area contributed by atoms with Crippen LogP contribution in [0.1, 0.15) is 16.8 Å². The minimum absolute atomic E-state index is 0.205. The first-order valence-corrected chi connectivity index (χ1v) is 11.5. The molecule has 7 nitrogen and oxygen atoms in total. The summed E-state index contributed by atoms with van der Waals surface area (Å²) in [5.41, 5.74) is 0.603. The van der Waals surface area contributed by atoms with E-state index >= 15 is 0 Å². The maximum absolute atomic E-state index is 13.3. The van der Waals surface area contributed by atoms with E-state index in [1.54, 1.807) is 0 Å². The van der Waals surface area contributed by atoms with Gasteiger partial charge < -0.3 is 15.1 Å². The number of nitrogens with one attached hydrogen (secondary N) is 2. The third-order valence-electron chi connectivity index (χ3n) is 5.13. The van der Waals surface area contributed by atoms with Crippen molar-refractivity contribution in [1.29, 1.82) is 0 Å². The monoisotopic (exact) mass is 452 g/mol. The molecular formula is C21H26F2N4O3S. The lowest BCUT2D eigenvalue weighted by atomic mass is 10.2. The molecule has 3 rings (SSSR count). The van der Waals surface area contributed by atoms with Crippen LogP contribution in [0.4, 0.5) is 14.5 Å². The lowest BCUT2D eigenvalue weighted by Gasteiger charge is -2.32. The molecule has 1 saturated heterocycles. The number of carbonyl (C=O) groups excluding carboxylic acids is 1. The zero-order valence-corrected chi connectivity index (χ0v) is 18.1. The number of benzene rings is 2. The maximum atomic E-state index is 13.3. The van der Waals surface area contributed by atoms with E-state index in [9.17, 15) is 22.0 Å². The number of carbonyl (C=O) groups is 1. The fourth-order valence-electron chi connectivity index (χ4n) is 3.23. The molecule has 0 aliphatic carbocycles. The third kappa shape index (κ3) is 6.46. The summed E-state index contributed by atoms with van der Waals surface area (Å²) in [6, 6.07) is 8.22. The van der Waals surface area contributed by atoms with Crippen molar-refractivity contribution in [2.45, 2.75) is 11.3 Å². The Morgan fingerprint density at radius 3 is 2.32 bits per heavy atom. The predicted molar refractivity (Wildman–Crippen MR) is 114 cm³/mol. The number of likely N-dealkylation sites (N-methyl/N-ethyl adjacent to an activating group) is 1. The minimum Gasteiger partial charge on any atom is -0.352 e. The molecule has 1 aliphatic rings. The number of amides is 1. The topological polar surface area (TPSA) is 81.8 Å². The van der Waals surface area contributed by atoms with Gasteiger partial charge in [0.25, 0.3) is 15.9 Å². The number of hydrogen-bond donors (Lipinski definition) is 2. The zero-order chi connectivity index (χ0) is 22.4. The first kappa shape index (κ1) is 23.1. The molecule has 0 bridgehead atoms. The second kappa shape index (κ2) is 10.2. The first-order valence-electron chi connectivity index (χ1n) is 10.0. The summed E-state index contributed by atoms with van der Waals surface area (Å²) in [4.78, 5) is 16.6. The highest BCUT2D eigenvalue weighted by molar-refractivity contribution is 7.92. The molecule has 2 aromatic rings. The van der Waals surface area contributed by atoms with Gasteiger partial charge in [0, 0.05) is 44.0 Å². The molecule has 0 radical (unpaired) electrons. The Hall–Kier alpha value is -2.56. The summed E-state index contributed by atoms with van der Waals surface area (Å²) < 4.78 is 53.3. The van der Waals surface area contributed by atoms with Crippen molar-refractivity contribution in [3.63, 3.8) is 0 Å². The highest BCUT2D eigenvalue weighted by Gasteiger charge is 2.17. The molecule has 0 spiro atoms. The Labute approximate surface area is 181 Å². The van der Waals surface area contributed by atoms with E-state index in [0.717, 1.165) is 51.3 Å². The van der Waals surface area contributed by atoms with E-state index in [2.05, 4.69) is 26.9 Å². The molecular weight excluding hydrogens is 426 g/mol. The van der Waals surface area contributed by atoms with Gasteiger partial charge in [-0.1, -0.05) is 0 Å². The summed E-state index contributed by atoms with van der Waals surface area (Å²) in [5.74, 6) is -2.62. The van der Waals surface area contributed by atoms with Gasteiger partial charge in [-0.3, -0.25) is 9.52 Å². The number of nitrogens with zero attached hydrogens (tertiary/aromatic N) is 2. The molecule has 2 aromatic carbocycles. The van der Waals surface area contributed by atoms with E-state index in [-0.39, 0.29) is 11.6 Å². The molecule has 31 heavy (non-hydrogen) atoms. The number of anilines is 1. The fourth-order valence-corrected chi connectivity index (χ4v) is 4.30. The molecule has 0 atom stereocenters. The Morgan fingerprint density at radius 2 is 1.68 bits per heavy atom. The third-order valence-corrected chi connectivity index (χ3v) is 6.51. The molecule has 2 N–H and O–H groups in total. The van der Waals surface area contributed by atoms with Gasteiger partial charge in [-0.15, -0.1) is 0 Å². The van der Waals surface area contributed by atoms with Gasteiger partial charge >= 0.3 is 0 Å². The molecule has 0 unspecified atom stereocenters. The largest absolute Gasteiger partial charge is 0.352 e. The Morgan fingerprint density at radius 1 is 1.00 bits per heavy atom. The average molecular weight is 453 g/mol. The number of rotatable bonds is 8. The van der Waals surface area contributed by atoms with Gasteiger partial charge in [-0.2, -0.15) is 0 Å². The molecule has 0 aromatic heterocycles. The number of hydrogen-bond acceptors (Lipinski definition) is 5. The maximum Gasteiger partial charge on any atom is 0.261 e. The van der Waals surface area contributed by atoms with Crippen LogP contribution in [0.2, 0.25) is 0 Å². The van der Waals surface area contributed by atoms with Gasteiger partial charge in [-0.25, -0.2) is 17.2 Å². The first-order chi connectivity index (χ1) is 14.7. The number of piperazine rings is 1. The van der Waals surface area contributed by atoms with Crippen LogP contribution in [-0.4, -0.2) is 70.4 Å². The van der Waals surface area contributed by atoms with Crippen LogP contribution in [0.25, 0.3) is 0 Å². The van der Waals surface area contributed by atoms with E-state index in [1.807, 2.05) is 0 Å². The second-order valence-corrected chi connectivity index (χ2v) is 9.20. The van der Waals surface area contributed by atoms with Crippen molar-refractivity contribution in [1.82, 2.24) is 15.1 Å². The van der Waals surface area contributed by atoms with E-state index in [4.69, 9.17) is 0 Å². The molecule has 10 heteroatoms. The van der Waals surface area contributed by atoms with Crippen molar-refractivity contribution < 1.29 is 22.0 Å². The highest BCUT2D eigenvalue weighted by Crippen LogP contribution is 2.18. The zero-order valence-electron chi connectivity index (χ0n) is 17.3. The molecule has 168 valence electrons. The summed E-state index contributed by atoms with van der Waals surface area (Å²) >= 11 is 0. The Balaban J connectivity index is 1.48. The fraction of sp³-hybridized carbons (Fsp3) is 0.381. The van der Waals surface area contributed by atoms with Gasteiger partial charge in [0.05, 0.1) is 4.90 Å². The quantitative estimate of drug-likeness (QED) is 0.600. The van der Waals surface area contributed by atoms with Gasteiger partial charge in [0.1, 0.15) is 0 Å². The standard InChI is InChI=1S/C21H26F2N4O3S/c1-26-11-13-27(14-12-26)10-2-9-24-21(28)16-3-5-17(6-4-16)25-31(29,30)18-7-8-19(22)20(23)15-18/h3-8,15,25H,2,9-14H2,1H3,(H,24,28). The van der Waals surface area contributed by atoms with Crippen LogP contribution >= 0.6 is 0 Å². The Bertz CT molecular complexity index is 1010. The van der Waals surface area contributed by atoms with Crippen LogP contribution in [0.5, 0.6) is 0 Å². The smallest absolute Gasteiger partial charge is 0.261 e. The summed E-state index contributed by atoms with van der Waals surface area (Å²) in [5, 5.41) is 2.86. The van der Waals surface area contributed by atoms with Crippen LogP contribution in [0, 0.1) is 11.6 Å². The lowest BCUT2D eigenvalue weighted by molar-refractivity contribution is 0.0949. The van der Waals surface area contributed by atoms with Crippen LogP contribution < -0.4 is 10.0 Å². The molecule has 1 fully saturated rings. The van der Waals surface area contributed by atoms with Gasteiger partial charge in [0.15, 0.2) is 11.6 Å². The SMILES string of the molecule is CN1CCN(CCCNC(=O)c2ccc(NS(=O)(=O)c3ccc(F)c(F)c3)cc2)CC1. The molecule has 1 amide bonds. The van der Waals surface area contributed by atoms with Crippen LogP contribution in [0.15, 0.2) is 47.4 Å². The van der Waals surface area contributed by atoms with E-state index < -0.39 is 26.6 Å². The highest BCUT2D eigenvalue weighted by atomic mass is 32.2. The average Bonchev–Trinajstić information content (AvgIpc) is 2.74. The van der Waals surface area contributed by atoms with E-state index in [0.29, 0.717) is 18.2 Å². The number of sulfonamides is 1. The summed E-state index contributed by atoms with van der Waals surface area (Å²) in [6.07, 6.45) is 0.849. The van der Waals surface area contributed by atoms with Crippen molar-refractivity contribution in [3.8, 4) is 0 Å². The van der Waals surface area contributed by atoms with Crippen molar-refractivity contribution in [2.24, 2.45) is 0 Å². The normalized spacial score (nSPS) is 15.6. The van der Waals surface area contributed by atoms with Crippen LogP contribution in [0.3, 0.4) is 0 Å². The van der Waals surface area contributed by atoms with Crippen molar-refractivity contribution in [2.75, 3.05) is 51.0 Å². The molecule has 1 heterocycles. The van der Waals surface area contributed by atoms with Crippen molar-refractivity contribution >= 4 is 21.6 Å². The predicted octanol–water partition coefficient (Wildman–Crippen LogP) is 2.13. The van der Waals surface area contributed by atoms with Crippen molar-refractivity contribution in [3.05, 3.63) is 59.7 Å². The summed E-state index contributed by atoms with van der Waals surface area (Å²) in [7, 11) is -1.97. The minimum atomic E-state index is -4.08. The van der Waals surface area contributed by atoms with E-state index in [1.165, 1.54) is 24.3 Å². The van der Waals surface area contributed by atoms with Crippen LogP contribution in [-0.2, 0) is 10.0 Å². The summed E-state index contributed by atoms with van der Waals surface area (Å²) in [6.45, 7) is 5.66. The van der Waals surface area contributed by atoms with Gasteiger partial charge in [0.2, 0.25) is 0 Å². The van der Waals surface area contributed by atoms with Gasteiger partial charge in [-0.05, 0) is 62.5 Å². The lowest BCUT2D eigenvalue weighted by Crippen LogP contribution is -2.45. The molecule has 0 saturated carbocycles. The molecule has 1 aliphatic heterocycles. The number of halogens is 2. The Kier molecular flexibility index (Phi) is 7.58.